The molecule has 132 valence electrons. The van der Waals surface area contributed by atoms with Crippen LogP contribution in [-0.2, 0) is 9.09 Å². The van der Waals surface area contributed by atoms with Crippen LogP contribution < -0.4 is 10.6 Å². The molecule has 1 amide bonds. The average Bonchev–Trinajstić information content (AvgIpc) is 2.60. The standard InChI is InChI=1S/C18H18Cl2NO3P/c1-3-24-25(23,15-7-5-4-6-8-15)18(16(19)20)21-17(22)14-11-9-13(2)10-12-14/h4-12H,3H2,1-2H3,(H,21,22). The summed E-state index contributed by atoms with van der Waals surface area (Å²) >= 11 is 11.9. The first-order chi connectivity index (χ1) is 11.9. The molecule has 0 aliphatic rings. The highest BCUT2D eigenvalue weighted by Gasteiger charge is 2.34. The highest BCUT2D eigenvalue weighted by Crippen LogP contribution is 2.54. The second kappa shape index (κ2) is 8.68. The molecule has 0 saturated heterocycles. The Balaban J connectivity index is 2.42. The number of carbonyl (C=O) groups is 1. The lowest BCUT2D eigenvalue weighted by Gasteiger charge is -2.22. The number of rotatable bonds is 6. The van der Waals surface area contributed by atoms with E-state index in [-0.39, 0.29) is 16.5 Å². The highest BCUT2D eigenvalue weighted by atomic mass is 35.5. The van der Waals surface area contributed by atoms with Gasteiger partial charge in [0.1, 0.15) is 9.93 Å². The molecule has 0 spiro atoms. The number of carbonyl (C=O) groups excluding carboxylic acids is 1. The van der Waals surface area contributed by atoms with Gasteiger partial charge in [-0.3, -0.25) is 9.36 Å². The van der Waals surface area contributed by atoms with Gasteiger partial charge in [0.2, 0.25) is 0 Å². The van der Waals surface area contributed by atoms with Gasteiger partial charge in [-0.15, -0.1) is 0 Å². The molecule has 1 atom stereocenters. The molecule has 2 aromatic carbocycles. The molecule has 0 radical (unpaired) electrons. The maximum absolute atomic E-state index is 13.5. The van der Waals surface area contributed by atoms with Crippen LogP contribution in [0.3, 0.4) is 0 Å². The van der Waals surface area contributed by atoms with Crippen molar-refractivity contribution >= 4 is 41.8 Å². The molecule has 7 heteroatoms. The highest BCUT2D eigenvalue weighted by molar-refractivity contribution is 7.71. The number of aryl methyl sites for hydroxylation is 1. The first-order valence-corrected chi connectivity index (χ1v) is 10.0. The number of amides is 1. The molecule has 0 saturated carbocycles. The predicted molar refractivity (Wildman–Crippen MR) is 103 cm³/mol. The van der Waals surface area contributed by atoms with Crippen molar-refractivity contribution in [2.75, 3.05) is 6.61 Å². The summed E-state index contributed by atoms with van der Waals surface area (Å²) in [5, 5.41) is 2.96. The van der Waals surface area contributed by atoms with E-state index in [1.54, 1.807) is 61.5 Å². The van der Waals surface area contributed by atoms with Crippen molar-refractivity contribution in [1.82, 2.24) is 5.32 Å². The smallest absolute Gasteiger partial charge is 0.279 e. The monoisotopic (exact) mass is 397 g/mol. The number of halogens is 2. The zero-order chi connectivity index (χ0) is 18.4. The van der Waals surface area contributed by atoms with Crippen LogP contribution in [0.2, 0.25) is 0 Å². The zero-order valence-corrected chi connectivity index (χ0v) is 16.2. The van der Waals surface area contributed by atoms with E-state index in [1.165, 1.54) is 0 Å². The zero-order valence-electron chi connectivity index (χ0n) is 13.8. The first-order valence-electron chi connectivity index (χ1n) is 7.62. The molecule has 0 fully saturated rings. The van der Waals surface area contributed by atoms with Crippen LogP contribution in [0.5, 0.6) is 0 Å². The van der Waals surface area contributed by atoms with Crippen LogP contribution >= 0.6 is 30.6 Å². The van der Waals surface area contributed by atoms with Crippen LogP contribution in [0.1, 0.15) is 22.8 Å². The van der Waals surface area contributed by atoms with Crippen molar-refractivity contribution in [2.45, 2.75) is 13.8 Å². The van der Waals surface area contributed by atoms with Crippen LogP contribution in [0.25, 0.3) is 0 Å². The Labute approximate surface area is 157 Å². The van der Waals surface area contributed by atoms with E-state index in [0.29, 0.717) is 10.9 Å². The average molecular weight is 398 g/mol. The molecular formula is C18H18Cl2NO3P. The molecule has 25 heavy (non-hydrogen) atoms. The van der Waals surface area contributed by atoms with E-state index < -0.39 is 13.3 Å². The van der Waals surface area contributed by atoms with Crippen molar-refractivity contribution in [1.29, 1.82) is 0 Å². The van der Waals surface area contributed by atoms with Crippen LogP contribution in [-0.4, -0.2) is 12.5 Å². The van der Waals surface area contributed by atoms with Crippen LogP contribution in [0.15, 0.2) is 64.5 Å². The topological polar surface area (TPSA) is 55.4 Å². The minimum Gasteiger partial charge on any atom is -0.321 e. The van der Waals surface area contributed by atoms with E-state index >= 15 is 0 Å². The molecule has 4 nitrogen and oxygen atoms in total. The normalized spacial score (nSPS) is 13.0. The fraction of sp³-hybridized carbons (Fsp3) is 0.167. The number of nitrogens with one attached hydrogen (secondary N) is 1. The third-order valence-corrected chi connectivity index (χ3v) is 6.59. The molecule has 0 heterocycles. The van der Waals surface area contributed by atoms with Crippen molar-refractivity contribution in [2.24, 2.45) is 0 Å². The number of hydrogen-bond donors (Lipinski definition) is 1. The molecule has 2 rings (SSSR count). The summed E-state index contributed by atoms with van der Waals surface area (Å²) in [5.74, 6) is -0.468. The van der Waals surface area contributed by atoms with Gasteiger partial charge in [0.25, 0.3) is 13.3 Å². The largest absolute Gasteiger partial charge is 0.321 e. The molecule has 1 unspecified atom stereocenters. The van der Waals surface area contributed by atoms with Crippen LogP contribution in [0.4, 0.5) is 0 Å². The second-order valence-electron chi connectivity index (χ2n) is 5.23. The predicted octanol–water partition coefficient (Wildman–Crippen LogP) is 4.97. The Kier molecular flexibility index (Phi) is 6.86. The molecule has 0 bridgehead atoms. The molecule has 2 aromatic rings. The van der Waals surface area contributed by atoms with Gasteiger partial charge in [-0.2, -0.15) is 0 Å². The summed E-state index contributed by atoms with van der Waals surface area (Å²) < 4.78 is 18.7. The van der Waals surface area contributed by atoms with Gasteiger partial charge in [0.05, 0.1) is 6.61 Å². The maximum Gasteiger partial charge on any atom is 0.279 e. The van der Waals surface area contributed by atoms with Gasteiger partial charge in [-0.05, 0) is 38.1 Å². The van der Waals surface area contributed by atoms with E-state index in [1.807, 2.05) is 6.92 Å². The third kappa shape index (κ3) is 4.74. The Bertz CT molecular complexity index is 816. The SMILES string of the molecule is CCOP(=O)(C(NC(=O)c1ccc(C)cc1)=C(Cl)Cl)c1ccccc1. The van der Waals surface area contributed by atoms with Gasteiger partial charge < -0.3 is 9.84 Å². The molecule has 0 aromatic heterocycles. The lowest BCUT2D eigenvalue weighted by atomic mass is 10.1. The van der Waals surface area contributed by atoms with Gasteiger partial charge in [-0.1, -0.05) is 59.1 Å². The molecule has 1 N–H and O–H groups in total. The fourth-order valence-electron chi connectivity index (χ4n) is 2.19. The molecular weight excluding hydrogens is 380 g/mol. The summed E-state index contributed by atoms with van der Waals surface area (Å²) in [5.41, 5.74) is 1.29. The summed E-state index contributed by atoms with van der Waals surface area (Å²) in [6.07, 6.45) is 0. The fourth-order valence-corrected chi connectivity index (χ4v) is 4.89. The van der Waals surface area contributed by atoms with Crippen molar-refractivity contribution in [3.05, 3.63) is 75.7 Å². The lowest BCUT2D eigenvalue weighted by Crippen LogP contribution is -2.26. The Morgan fingerprint density at radius 3 is 2.20 bits per heavy atom. The van der Waals surface area contributed by atoms with Crippen molar-refractivity contribution in [3.63, 3.8) is 0 Å². The van der Waals surface area contributed by atoms with Crippen molar-refractivity contribution < 1.29 is 13.9 Å². The minimum absolute atomic E-state index is 0.130. The summed E-state index contributed by atoms with van der Waals surface area (Å²) in [6.45, 7) is 3.79. The first kappa shape index (κ1) is 19.7. The summed E-state index contributed by atoms with van der Waals surface area (Å²) in [4.78, 5) is 12.5. The second-order valence-corrected chi connectivity index (χ2v) is 8.51. The van der Waals surface area contributed by atoms with E-state index in [0.717, 1.165) is 5.56 Å². The Hall–Kier alpha value is -1.58. The number of hydrogen-bond acceptors (Lipinski definition) is 3. The van der Waals surface area contributed by atoms with Crippen LogP contribution in [0, 0.1) is 6.92 Å². The maximum atomic E-state index is 13.5. The summed E-state index contributed by atoms with van der Waals surface area (Å²) in [6, 6.07) is 15.5. The Morgan fingerprint density at radius 1 is 1.08 bits per heavy atom. The van der Waals surface area contributed by atoms with Gasteiger partial charge in [0.15, 0.2) is 0 Å². The number of benzene rings is 2. The summed E-state index contributed by atoms with van der Waals surface area (Å²) in [7, 11) is -3.64. The van der Waals surface area contributed by atoms with E-state index in [9.17, 15) is 9.36 Å². The minimum atomic E-state index is -3.64. The van der Waals surface area contributed by atoms with Gasteiger partial charge in [0, 0.05) is 10.9 Å². The van der Waals surface area contributed by atoms with E-state index in [4.69, 9.17) is 27.7 Å². The van der Waals surface area contributed by atoms with Gasteiger partial charge >= 0.3 is 0 Å². The third-order valence-electron chi connectivity index (χ3n) is 3.43. The lowest BCUT2D eigenvalue weighted by molar-refractivity contribution is 0.0967. The Morgan fingerprint density at radius 2 is 1.68 bits per heavy atom. The van der Waals surface area contributed by atoms with E-state index in [2.05, 4.69) is 5.32 Å². The van der Waals surface area contributed by atoms with Gasteiger partial charge in [-0.25, -0.2) is 0 Å². The quantitative estimate of drug-likeness (QED) is 0.700. The van der Waals surface area contributed by atoms with Crippen molar-refractivity contribution in [3.8, 4) is 0 Å². The molecule has 0 aliphatic heterocycles. The molecule has 0 aliphatic carbocycles.